The van der Waals surface area contributed by atoms with E-state index in [1.54, 1.807) is 0 Å². The van der Waals surface area contributed by atoms with Crippen LogP contribution in [0.25, 0.3) is 0 Å². The lowest BCUT2D eigenvalue weighted by Gasteiger charge is -2.28. The fourth-order valence-electron chi connectivity index (χ4n) is 2.43. The summed E-state index contributed by atoms with van der Waals surface area (Å²) in [6.45, 7) is 0. The van der Waals surface area contributed by atoms with Gasteiger partial charge in [0.05, 0.1) is 0 Å². The largest absolute Gasteiger partial charge is 0.465 e. The zero-order valence-electron chi connectivity index (χ0n) is 10.9. The van der Waals surface area contributed by atoms with E-state index in [0.29, 0.717) is 18.4 Å². The summed E-state index contributed by atoms with van der Waals surface area (Å²) in [5.41, 5.74) is 0.428. The van der Waals surface area contributed by atoms with E-state index in [1.807, 2.05) is 0 Å². The Morgan fingerprint density at radius 3 is 2.00 bits per heavy atom. The topological polar surface area (TPSA) is 78.4 Å². The maximum absolute atomic E-state index is 12.8. The summed E-state index contributed by atoms with van der Waals surface area (Å²) in [5.74, 6) is -0.596. The average Bonchev–Trinajstić information content (AvgIpc) is 2.41. The first kappa shape index (κ1) is 14.3. The third-order valence-corrected chi connectivity index (χ3v) is 3.50. The minimum atomic E-state index is -1.01. The van der Waals surface area contributed by atoms with Crippen LogP contribution in [0.3, 0.4) is 0 Å². The lowest BCUT2D eigenvalue weighted by Crippen LogP contribution is -2.43. The number of rotatable bonds is 3. The first-order chi connectivity index (χ1) is 9.54. The second-order valence-corrected chi connectivity index (χ2v) is 4.98. The first-order valence-corrected chi connectivity index (χ1v) is 6.60. The number of carboxylic acid groups (broad SMARTS) is 1. The molecule has 1 aliphatic carbocycles. The Morgan fingerprint density at radius 2 is 1.50 bits per heavy atom. The third-order valence-electron chi connectivity index (χ3n) is 3.50. The molecule has 3 N–H and O–H groups in total. The maximum Gasteiger partial charge on any atom is 0.404 e. The highest BCUT2D eigenvalue weighted by atomic mass is 19.1. The second-order valence-electron chi connectivity index (χ2n) is 4.98. The molecule has 2 rings (SSSR count). The predicted molar refractivity (Wildman–Crippen MR) is 71.1 cm³/mol. The van der Waals surface area contributed by atoms with E-state index in [0.717, 1.165) is 12.8 Å². The van der Waals surface area contributed by atoms with Crippen LogP contribution in [-0.4, -0.2) is 29.2 Å². The van der Waals surface area contributed by atoms with Crippen LogP contribution in [0.4, 0.5) is 9.18 Å². The van der Waals surface area contributed by atoms with Crippen molar-refractivity contribution in [3.63, 3.8) is 0 Å². The smallest absolute Gasteiger partial charge is 0.404 e. The van der Waals surface area contributed by atoms with Gasteiger partial charge in [0, 0.05) is 17.6 Å². The molecule has 0 atom stereocenters. The van der Waals surface area contributed by atoms with Gasteiger partial charge in [-0.2, -0.15) is 0 Å². The fraction of sp³-hybridized carbons (Fsp3) is 0.429. The van der Waals surface area contributed by atoms with Gasteiger partial charge in [-0.1, -0.05) is 0 Å². The zero-order chi connectivity index (χ0) is 14.5. The van der Waals surface area contributed by atoms with E-state index < -0.39 is 6.09 Å². The van der Waals surface area contributed by atoms with Gasteiger partial charge in [0.2, 0.25) is 0 Å². The van der Waals surface area contributed by atoms with Gasteiger partial charge in [-0.05, 0) is 49.9 Å². The third kappa shape index (κ3) is 3.94. The molecule has 0 radical (unpaired) electrons. The Morgan fingerprint density at radius 1 is 1.00 bits per heavy atom. The van der Waals surface area contributed by atoms with Crippen LogP contribution < -0.4 is 10.6 Å². The van der Waals surface area contributed by atoms with Gasteiger partial charge in [0.15, 0.2) is 0 Å². The van der Waals surface area contributed by atoms with Crippen molar-refractivity contribution in [3.8, 4) is 0 Å². The number of nitrogens with one attached hydrogen (secondary N) is 2. The summed E-state index contributed by atoms with van der Waals surface area (Å²) in [7, 11) is 0. The average molecular weight is 280 g/mol. The number of benzene rings is 1. The number of carbonyl (C=O) groups is 2. The molecule has 1 aliphatic rings. The highest BCUT2D eigenvalue weighted by Crippen LogP contribution is 2.19. The van der Waals surface area contributed by atoms with Crippen molar-refractivity contribution in [2.45, 2.75) is 37.8 Å². The molecule has 0 unspecified atom stereocenters. The van der Waals surface area contributed by atoms with E-state index in [1.165, 1.54) is 24.3 Å². The molecule has 1 aromatic carbocycles. The Labute approximate surface area is 116 Å². The SMILES string of the molecule is O=C(O)NC1CCC(NC(=O)c2ccc(F)cc2)CC1. The standard InChI is InChI=1S/C14H17FN2O3/c15-10-3-1-9(2-4-10)13(18)16-11-5-7-12(8-6-11)17-14(19)20/h1-4,11-12,17H,5-8H2,(H,16,18)(H,19,20). The van der Waals surface area contributed by atoms with Crippen molar-refractivity contribution in [1.29, 1.82) is 0 Å². The summed E-state index contributed by atoms with van der Waals surface area (Å²) < 4.78 is 12.8. The second kappa shape index (κ2) is 6.36. The van der Waals surface area contributed by atoms with Crippen LogP contribution in [0.15, 0.2) is 24.3 Å². The molecule has 0 aromatic heterocycles. The molecule has 0 spiro atoms. The molecular formula is C14H17FN2O3. The molecule has 2 amide bonds. The first-order valence-electron chi connectivity index (χ1n) is 6.60. The molecule has 0 saturated heterocycles. The molecule has 108 valence electrons. The minimum absolute atomic E-state index is 0.0357. The lowest BCUT2D eigenvalue weighted by molar-refractivity contribution is 0.0923. The maximum atomic E-state index is 12.8. The van der Waals surface area contributed by atoms with Gasteiger partial charge < -0.3 is 15.7 Å². The molecule has 1 aromatic rings. The number of hydrogen-bond donors (Lipinski definition) is 3. The molecule has 1 fully saturated rings. The van der Waals surface area contributed by atoms with Crippen molar-refractivity contribution < 1.29 is 19.1 Å². The van der Waals surface area contributed by atoms with E-state index >= 15 is 0 Å². The molecule has 0 aliphatic heterocycles. The highest BCUT2D eigenvalue weighted by Gasteiger charge is 2.23. The van der Waals surface area contributed by atoms with Crippen molar-refractivity contribution in [2.24, 2.45) is 0 Å². The van der Waals surface area contributed by atoms with Crippen LogP contribution in [0.2, 0.25) is 0 Å². The summed E-state index contributed by atoms with van der Waals surface area (Å²) in [6, 6.07) is 5.40. The molecule has 20 heavy (non-hydrogen) atoms. The molecular weight excluding hydrogens is 263 g/mol. The number of carbonyl (C=O) groups excluding carboxylic acids is 1. The molecule has 5 nitrogen and oxygen atoms in total. The van der Waals surface area contributed by atoms with E-state index in [2.05, 4.69) is 10.6 Å². The van der Waals surface area contributed by atoms with Crippen LogP contribution in [-0.2, 0) is 0 Å². The van der Waals surface area contributed by atoms with Crippen LogP contribution >= 0.6 is 0 Å². The van der Waals surface area contributed by atoms with Crippen LogP contribution in [0, 0.1) is 5.82 Å². The summed E-state index contributed by atoms with van der Waals surface area (Å²) in [6.07, 6.45) is 1.88. The van der Waals surface area contributed by atoms with Gasteiger partial charge >= 0.3 is 6.09 Å². The molecule has 1 saturated carbocycles. The van der Waals surface area contributed by atoms with Gasteiger partial charge in [-0.25, -0.2) is 9.18 Å². The number of halogens is 1. The number of hydrogen-bond acceptors (Lipinski definition) is 2. The Kier molecular flexibility index (Phi) is 4.55. The van der Waals surface area contributed by atoms with Crippen molar-refractivity contribution >= 4 is 12.0 Å². The summed E-state index contributed by atoms with van der Waals surface area (Å²) >= 11 is 0. The van der Waals surface area contributed by atoms with E-state index in [-0.39, 0.29) is 23.8 Å². The fourth-order valence-corrected chi connectivity index (χ4v) is 2.43. The molecule has 6 heteroatoms. The minimum Gasteiger partial charge on any atom is -0.465 e. The van der Waals surface area contributed by atoms with Gasteiger partial charge in [-0.15, -0.1) is 0 Å². The van der Waals surface area contributed by atoms with E-state index in [9.17, 15) is 14.0 Å². The lowest BCUT2D eigenvalue weighted by atomic mass is 9.91. The Bertz CT molecular complexity index is 482. The van der Waals surface area contributed by atoms with Crippen molar-refractivity contribution in [1.82, 2.24) is 10.6 Å². The monoisotopic (exact) mass is 280 g/mol. The Hall–Kier alpha value is -2.11. The predicted octanol–water partition coefficient (Wildman–Crippen LogP) is 2.13. The van der Waals surface area contributed by atoms with Crippen molar-refractivity contribution in [3.05, 3.63) is 35.6 Å². The van der Waals surface area contributed by atoms with Crippen LogP contribution in [0.1, 0.15) is 36.0 Å². The number of amides is 2. The summed E-state index contributed by atoms with van der Waals surface area (Å²) in [4.78, 5) is 22.5. The molecule has 0 bridgehead atoms. The van der Waals surface area contributed by atoms with E-state index in [4.69, 9.17) is 5.11 Å². The highest BCUT2D eigenvalue weighted by molar-refractivity contribution is 5.94. The van der Waals surface area contributed by atoms with Crippen LogP contribution in [0.5, 0.6) is 0 Å². The summed E-state index contributed by atoms with van der Waals surface area (Å²) in [5, 5.41) is 14.0. The molecule has 0 heterocycles. The van der Waals surface area contributed by atoms with Gasteiger partial charge in [0.1, 0.15) is 5.82 Å². The van der Waals surface area contributed by atoms with Crippen molar-refractivity contribution in [2.75, 3.05) is 0 Å². The zero-order valence-corrected chi connectivity index (χ0v) is 10.9. The normalized spacial score (nSPS) is 22.1. The van der Waals surface area contributed by atoms with Gasteiger partial charge in [0.25, 0.3) is 5.91 Å². The quantitative estimate of drug-likeness (QED) is 0.793. The van der Waals surface area contributed by atoms with Gasteiger partial charge in [-0.3, -0.25) is 4.79 Å². The Balaban J connectivity index is 1.82.